The van der Waals surface area contributed by atoms with Gasteiger partial charge in [-0.05, 0) is 31.9 Å². The maximum Gasteiger partial charge on any atom is 0.337 e. The number of rotatable bonds is 7. The van der Waals surface area contributed by atoms with Gasteiger partial charge in [-0.15, -0.1) is 0 Å². The highest BCUT2D eigenvalue weighted by Gasteiger charge is 2.78. The zero-order valence-electron chi connectivity index (χ0n) is 28.1. The highest BCUT2D eigenvalue weighted by molar-refractivity contribution is 5.95. The van der Waals surface area contributed by atoms with Gasteiger partial charge in [0.25, 0.3) is 0 Å². The van der Waals surface area contributed by atoms with Crippen LogP contribution in [0.1, 0.15) is 75.2 Å². The fourth-order valence-electron chi connectivity index (χ4n) is 8.25. The Morgan fingerprint density at radius 1 is 0.979 bits per heavy atom. The summed E-state index contributed by atoms with van der Waals surface area (Å²) in [5.41, 5.74) is -7.22. The molecule has 1 heterocycles. The molecule has 4 aliphatic rings. The van der Waals surface area contributed by atoms with Crippen LogP contribution >= 0.6 is 0 Å². The SMILES string of the molecule is CC(=O)N[C@@H](C)[C@@H](O)C(=O)O[C@H]1CC2(O)[C@@H](OC(C)=O)[C@@H]3[C@]4(OC(C)=O)CO[C@@H]4C[C@H](O)[C@@]3(C)C(=O)[C@H](OC(C)=O)C(=C1C)C2(C)C. The molecule has 47 heavy (non-hydrogen) atoms. The Balaban J connectivity index is 2.02. The molecular formula is C32H45NO14. The lowest BCUT2D eigenvalue weighted by Crippen LogP contribution is -2.82. The van der Waals surface area contributed by atoms with Crippen LogP contribution in [0.25, 0.3) is 0 Å². The maximum atomic E-state index is 14.9. The molecule has 2 bridgehead atoms. The number of esters is 4. The topological polar surface area (TPSA) is 221 Å². The van der Waals surface area contributed by atoms with Crippen molar-refractivity contribution >= 4 is 35.6 Å². The first kappa shape index (κ1) is 36.4. The fraction of sp³-hybridized carbons (Fsp3) is 0.750. The van der Waals surface area contributed by atoms with Crippen molar-refractivity contribution in [2.75, 3.05) is 6.61 Å². The van der Waals surface area contributed by atoms with E-state index in [0.29, 0.717) is 0 Å². The van der Waals surface area contributed by atoms with Crippen LogP contribution < -0.4 is 5.32 Å². The number of ketones is 1. The van der Waals surface area contributed by atoms with Gasteiger partial charge in [-0.3, -0.25) is 24.0 Å². The Hall–Kier alpha value is -3.40. The Bertz CT molecular complexity index is 1410. The lowest BCUT2D eigenvalue weighted by Gasteiger charge is -2.67. The molecule has 3 aliphatic carbocycles. The Morgan fingerprint density at radius 3 is 2.06 bits per heavy atom. The van der Waals surface area contributed by atoms with Crippen molar-refractivity contribution in [2.24, 2.45) is 16.7 Å². The predicted octanol–water partition coefficient (Wildman–Crippen LogP) is -0.205. The Morgan fingerprint density at radius 2 is 1.57 bits per heavy atom. The van der Waals surface area contributed by atoms with Gasteiger partial charge in [-0.25, -0.2) is 4.79 Å². The summed E-state index contributed by atoms with van der Waals surface area (Å²) in [6, 6.07) is -1.06. The minimum Gasteiger partial charge on any atom is -0.459 e. The van der Waals surface area contributed by atoms with E-state index in [4.69, 9.17) is 23.7 Å². The van der Waals surface area contributed by atoms with Crippen molar-refractivity contribution < 1.29 is 67.8 Å². The van der Waals surface area contributed by atoms with Crippen molar-refractivity contribution in [3.05, 3.63) is 11.1 Å². The van der Waals surface area contributed by atoms with Crippen LogP contribution in [0.5, 0.6) is 0 Å². The third-order valence-corrected chi connectivity index (χ3v) is 10.6. The number of hydrogen-bond acceptors (Lipinski definition) is 14. The summed E-state index contributed by atoms with van der Waals surface area (Å²) in [6.07, 6.45) is -9.75. The molecule has 262 valence electrons. The first-order chi connectivity index (χ1) is 21.6. The number of ether oxygens (including phenoxy) is 5. The molecule has 15 heteroatoms. The lowest BCUT2D eigenvalue weighted by atomic mass is 9.44. The number of carbonyl (C=O) groups is 6. The third-order valence-electron chi connectivity index (χ3n) is 10.6. The van der Waals surface area contributed by atoms with E-state index in [-0.39, 0.29) is 24.2 Å². The zero-order valence-corrected chi connectivity index (χ0v) is 28.1. The molecule has 4 N–H and O–H groups in total. The fourth-order valence-corrected chi connectivity index (χ4v) is 8.25. The number of aliphatic hydroxyl groups is 3. The van der Waals surface area contributed by atoms with Crippen molar-refractivity contribution in [3.63, 3.8) is 0 Å². The summed E-state index contributed by atoms with van der Waals surface area (Å²) in [7, 11) is 0. The van der Waals surface area contributed by atoms with Crippen LogP contribution in [0.15, 0.2) is 11.1 Å². The number of carbonyl (C=O) groups excluding carboxylic acids is 6. The number of hydrogen-bond donors (Lipinski definition) is 4. The molecule has 0 radical (unpaired) electrons. The molecule has 0 spiro atoms. The molecule has 1 saturated heterocycles. The summed E-state index contributed by atoms with van der Waals surface area (Å²) in [5, 5.41) is 37.8. The van der Waals surface area contributed by atoms with Gasteiger partial charge in [0, 0.05) is 46.0 Å². The van der Waals surface area contributed by atoms with Crippen LogP contribution in [0.4, 0.5) is 0 Å². The number of amides is 1. The Labute approximate surface area is 272 Å². The molecule has 1 unspecified atom stereocenters. The van der Waals surface area contributed by atoms with Gasteiger partial charge in [0.15, 0.2) is 23.6 Å². The summed E-state index contributed by atoms with van der Waals surface area (Å²) in [6.45, 7) is 11.6. The lowest BCUT2D eigenvalue weighted by molar-refractivity contribution is -0.347. The molecule has 1 aliphatic heterocycles. The van der Waals surface area contributed by atoms with Gasteiger partial charge >= 0.3 is 23.9 Å². The molecule has 3 fully saturated rings. The standard InChI is InChI=1S/C32H45NO14/c1-13-19(46-28(41)23(39)14(2)33-15(3)34)11-32(42)27(45-17(5)36)25-30(9,20(38)10-21-31(25,12-43-21)47-18(6)37)26(40)24(44-16(4)35)22(13)29(32,7)8/h14,19-21,23-25,27,38-39,42H,10-12H2,1-9H3,(H,33,34)/t14-,19-,20-,21+,23+,24+,25-,27-,30+,31-,32?/m0/s1. The summed E-state index contributed by atoms with van der Waals surface area (Å²) in [4.78, 5) is 77.7. The zero-order chi connectivity index (χ0) is 35.6. The van der Waals surface area contributed by atoms with Crippen LogP contribution in [0, 0.1) is 16.7 Å². The molecular weight excluding hydrogens is 622 g/mol. The van der Waals surface area contributed by atoms with E-state index in [0.717, 1.165) is 20.8 Å². The van der Waals surface area contributed by atoms with E-state index in [1.54, 1.807) is 13.8 Å². The van der Waals surface area contributed by atoms with Crippen molar-refractivity contribution in [2.45, 2.75) is 129 Å². The second kappa shape index (κ2) is 12.2. The van der Waals surface area contributed by atoms with Crippen LogP contribution in [-0.4, -0.2) is 111 Å². The van der Waals surface area contributed by atoms with Gasteiger partial charge in [-0.1, -0.05) is 13.8 Å². The molecule has 0 aromatic rings. The second-order valence-corrected chi connectivity index (χ2v) is 14.0. The third kappa shape index (κ3) is 5.64. The molecule has 15 nitrogen and oxygen atoms in total. The first-order valence-electron chi connectivity index (χ1n) is 15.5. The van der Waals surface area contributed by atoms with Crippen molar-refractivity contribution in [1.82, 2.24) is 5.32 Å². The van der Waals surface area contributed by atoms with Gasteiger partial charge in [-0.2, -0.15) is 0 Å². The number of aliphatic hydroxyl groups excluding tert-OH is 2. The van der Waals surface area contributed by atoms with Gasteiger partial charge < -0.3 is 44.3 Å². The average molecular weight is 668 g/mol. The normalized spacial score (nSPS) is 38.5. The quantitative estimate of drug-likeness (QED) is 0.157. The highest BCUT2D eigenvalue weighted by Crippen LogP contribution is 2.64. The summed E-state index contributed by atoms with van der Waals surface area (Å²) in [5.74, 6) is -6.47. The Kier molecular flexibility index (Phi) is 9.49. The molecule has 0 aromatic carbocycles. The van der Waals surface area contributed by atoms with Crippen LogP contribution in [0.2, 0.25) is 0 Å². The molecule has 11 atom stereocenters. The smallest absolute Gasteiger partial charge is 0.337 e. The van der Waals surface area contributed by atoms with Gasteiger partial charge in [0.2, 0.25) is 5.91 Å². The van der Waals surface area contributed by atoms with E-state index in [9.17, 15) is 44.1 Å². The summed E-state index contributed by atoms with van der Waals surface area (Å²) < 4.78 is 28.9. The van der Waals surface area contributed by atoms with Crippen molar-refractivity contribution in [3.8, 4) is 0 Å². The second-order valence-electron chi connectivity index (χ2n) is 14.0. The maximum absolute atomic E-state index is 14.9. The van der Waals surface area contributed by atoms with E-state index >= 15 is 0 Å². The van der Waals surface area contributed by atoms with Crippen LogP contribution in [-0.2, 0) is 52.5 Å². The minimum absolute atomic E-state index is 0.0335. The molecule has 0 aromatic heterocycles. The van der Waals surface area contributed by atoms with Gasteiger partial charge in [0.05, 0.1) is 30.1 Å². The van der Waals surface area contributed by atoms with E-state index in [1.165, 1.54) is 27.7 Å². The van der Waals surface area contributed by atoms with Crippen LogP contribution in [0.3, 0.4) is 0 Å². The number of fused-ring (bicyclic) bond motifs is 5. The summed E-state index contributed by atoms with van der Waals surface area (Å²) >= 11 is 0. The van der Waals surface area contributed by atoms with Gasteiger partial charge in [0.1, 0.15) is 23.9 Å². The molecule has 1 amide bonds. The average Bonchev–Trinajstić information content (AvgIpc) is 2.93. The monoisotopic (exact) mass is 667 g/mol. The number of Topliss-reactive ketones (excluding diaryl/α,β-unsaturated/α-hetero) is 1. The first-order valence-corrected chi connectivity index (χ1v) is 15.5. The molecule has 4 rings (SSSR count). The van der Waals surface area contributed by atoms with E-state index in [1.807, 2.05) is 0 Å². The van der Waals surface area contributed by atoms with E-state index in [2.05, 4.69) is 5.32 Å². The predicted molar refractivity (Wildman–Crippen MR) is 158 cm³/mol. The minimum atomic E-state index is -2.26. The molecule has 2 saturated carbocycles. The largest absolute Gasteiger partial charge is 0.459 e. The highest BCUT2D eigenvalue weighted by atomic mass is 16.6. The van der Waals surface area contributed by atoms with E-state index < -0.39 is 113 Å². The number of nitrogens with one attached hydrogen (secondary N) is 1. The van der Waals surface area contributed by atoms with Crippen molar-refractivity contribution in [1.29, 1.82) is 0 Å².